The van der Waals surface area contributed by atoms with Gasteiger partial charge in [0.15, 0.2) is 11.0 Å². The number of carbonyl (C=O) groups is 1. The fourth-order valence-corrected chi connectivity index (χ4v) is 4.00. The first-order valence-corrected chi connectivity index (χ1v) is 10.7. The van der Waals surface area contributed by atoms with Crippen LogP contribution in [0.5, 0.6) is 5.75 Å². The molecule has 0 aliphatic carbocycles. The first-order chi connectivity index (χ1) is 16.4. The number of ether oxygens (including phenoxy) is 1. The van der Waals surface area contributed by atoms with Crippen molar-refractivity contribution in [1.82, 2.24) is 30.2 Å². The van der Waals surface area contributed by atoms with Crippen molar-refractivity contribution in [2.45, 2.75) is 19.0 Å². The molecule has 0 spiro atoms. The average Bonchev–Trinajstić information content (AvgIpc) is 3.48. The Kier molecular flexibility index (Phi) is 5.46. The van der Waals surface area contributed by atoms with Crippen LogP contribution in [0.25, 0.3) is 11.0 Å². The third-order valence-electron chi connectivity index (χ3n) is 5.58. The van der Waals surface area contributed by atoms with E-state index in [0.29, 0.717) is 22.9 Å². The largest absolute Gasteiger partial charge is 0.497 e. The van der Waals surface area contributed by atoms with Gasteiger partial charge in [-0.15, -0.1) is 5.10 Å². The average molecular weight is 480 g/mol. The molecule has 2 aromatic heterocycles. The summed E-state index contributed by atoms with van der Waals surface area (Å²) in [4.78, 5) is 37.5. The van der Waals surface area contributed by atoms with E-state index in [1.54, 1.807) is 19.2 Å². The minimum Gasteiger partial charge on any atom is -0.497 e. The van der Waals surface area contributed by atoms with Crippen molar-refractivity contribution < 1.29 is 9.53 Å². The van der Waals surface area contributed by atoms with Crippen LogP contribution in [0.2, 0.25) is 5.02 Å². The van der Waals surface area contributed by atoms with Gasteiger partial charge >= 0.3 is 0 Å². The summed E-state index contributed by atoms with van der Waals surface area (Å²) in [5.41, 5.74) is 0.976. The summed E-state index contributed by atoms with van der Waals surface area (Å²) in [5.74, 6) is 0.272. The Labute approximate surface area is 196 Å². The molecule has 0 radical (unpaired) electrons. The monoisotopic (exact) mass is 479 g/mol. The standard InChI is InChI=1S/C22H18ClN7O4/c1-34-15-8-4-13(5-9-15)17-10-16(12-2-6-14(23)7-3-12)27-30(17)18(31)11-29-20-19(24-28-29)21(32)25-26-22(20)33/h2-9,17H,10-11H2,1H3,(H,25,32)(H,26,33). The molecule has 2 aromatic carbocycles. The molecular formula is C22H18ClN7O4. The number of halogens is 1. The number of hydrogen-bond donors (Lipinski definition) is 2. The van der Waals surface area contributed by atoms with E-state index in [1.807, 2.05) is 36.4 Å². The smallest absolute Gasteiger partial charge is 0.292 e. The lowest BCUT2D eigenvalue weighted by atomic mass is 9.98. The molecule has 4 aromatic rings. The molecule has 1 atom stereocenters. The lowest BCUT2D eigenvalue weighted by Gasteiger charge is -2.22. The van der Waals surface area contributed by atoms with Crippen molar-refractivity contribution in [1.29, 1.82) is 0 Å². The van der Waals surface area contributed by atoms with Crippen molar-refractivity contribution >= 4 is 34.3 Å². The molecule has 0 saturated heterocycles. The minimum atomic E-state index is -0.606. The summed E-state index contributed by atoms with van der Waals surface area (Å²) < 4.78 is 6.34. The molecule has 3 heterocycles. The van der Waals surface area contributed by atoms with Gasteiger partial charge in [-0.05, 0) is 35.4 Å². The van der Waals surface area contributed by atoms with E-state index >= 15 is 0 Å². The number of amides is 1. The maximum absolute atomic E-state index is 13.4. The third kappa shape index (κ3) is 3.86. The van der Waals surface area contributed by atoms with Gasteiger partial charge in [0.05, 0.1) is 18.9 Å². The van der Waals surface area contributed by atoms with E-state index < -0.39 is 17.0 Å². The van der Waals surface area contributed by atoms with E-state index in [4.69, 9.17) is 16.3 Å². The summed E-state index contributed by atoms with van der Waals surface area (Å²) in [6, 6.07) is 14.2. The van der Waals surface area contributed by atoms with Crippen LogP contribution in [-0.4, -0.2) is 48.9 Å². The number of nitrogens with one attached hydrogen (secondary N) is 2. The predicted octanol–water partition coefficient (Wildman–Crippen LogP) is 1.85. The Morgan fingerprint density at radius 2 is 1.79 bits per heavy atom. The van der Waals surface area contributed by atoms with Crippen LogP contribution in [0.1, 0.15) is 23.6 Å². The quantitative estimate of drug-likeness (QED) is 0.448. The fraction of sp³-hybridized carbons (Fsp3) is 0.182. The summed E-state index contributed by atoms with van der Waals surface area (Å²) in [7, 11) is 1.58. The number of aromatic amines is 2. The Balaban J connectivity index is 1.51. The molecule has 11 nitrogen and oxygen atoms in total. The maximum Gasteiger partial charge on any atom is 0.292 e. The molecule has 12 heteroatoms. The van der Waals surface area contributed by atoms with Crippen molar-refractivity contribution in [2.24, 2.45) is 5.10 Å². The number of hydrazone groups is 1. The van der Waals surface area contributed by atoms with Gasteiger partial charge in [0.2, 0.25) is 0 Å². The van der Waals surface area contributed by atoms with Crippen LogP contribution in [0.4, 0.5) is 0 Å². The summed E-state index contributed by atoms with van der Waals surface area (Å²) >= 11 is 6.02. The molecule has 0 bridgehead atoms. The van der Waals surface area contributed by atoms with Crippen LogP contribution in [0.15, 0.2) is 63.2 Å². The van der Waals surface area contributed by atoms with Gasteiger partial charge in [0.25, 0.3) is 17.0 Å². The number of benzene rings is 2. The van der Waals surface area contributed by atoms with Crippen molar-refractivity contribution in [2.75, 3.05) is 7.11 Å². The number of methoxy groups -OCH3 is 1. The Morgan fingerprint density at radius 3 is 2.50 bits per heavy atom. The lowest BCUT2D eigenvalue weighted by Crippen LogP contribution is -2.31. The Bertz CT molecular complexity index is 1520. The maximum atomic E-state index is 13.4. The van der Waals surface area contributed by atoms with Crippen LogP contribution in [-0.2, 0) is 11.3 Å². The Hall–Kier alpha value is -4.25. The number of fused-ring (bicyclic) bond motifs is 1. The van der Waals surface area contributed by atoms with E-state index in [1.165, 1.54) is 5.01 Å². The molecule has 5 rings (SSSR count). The normalized spacial score (nSPS) is 15.5. The predicted molar refractivity (Wildman–Crippen MR) is 124 cm³/mol. The second-order valence-corrected chi connectivity index (χ2v) is 8.07. The van der Waals surface area contributed by atoms with E-state index in [-0.39, 0.29) is 23.6 Å². The highest BCUT2D eigenvalue weighted by molar-refractivity contribution is 6.30. The molecular weight excluding hydrogens is 462 g/mol. The molecule has 172 valence electrons. The molecule has 1 aliphatic heterocycles. The Morgan fingerprint density at radius 1 is 1.09 bits per heavy atom. The first kappa shape index (κ1) is 21.6. The van der Waals surface area contributed by atoms with E-state index in [9.17, 15) is 14.4 Å². The molecule has 1 amide bonds. The number of carbonyl (C=O) groups excluding carboxylic acids is 1. The zero-order valence-corrected chi connectivity index (χ0v) is 18.6. The second-order valence-electron chi connectivity index (χ2n) is 7.64. The SMILES string of the molecule is COc1ccc(C2CC(c3ccc(Cl)cc3)=NN2C(=O)Cn2nnc3c(=O)[nH][nH]c(=O)c32)cc1. The molecule has 1 unspecified atom stereocenters. The highest BCUT2D eigenvalue weighted by Crippen LogP contribution is 2.34. The molecule has 0 fully saturated rings. The fourth-order valence-electron chi connectivity index (χ4n) is 3.88. The van der Waals surface area contributed by atoms with Gasteiger partial charge in [0, 0.05) is 11.4 Å². The van der Waals surface area contributed by atoms with Crippen LogP contribution in [0, 0.1) is 0 Å². The minimum absolute atomic E-state index is 0.0841. The van der Waals surface area contributed by atoms with Gasteiger partial charge in [-0.2, -0.15) is 5.10 Å². The van der Waals surface area contributed by atoms with E-state index in [0.717, 1.165) is 15.8 Å². The van der Waals surface area contributed by atoms with Crippen molar-refractivity contribution in [3.8, 4) is 5.75 Å². The summed E-state index contributed by atoms with van der Waals surface area (Å²) in [6.45, 7) is -0.326. The van der Waals surface area contributed by atoms with Crippen molar-refractivity contribution in [3.63, 3.8) is 0 Å². The van der Waals surface area contributed by atoms with Gasteiger partial charge in [-0.25, -0.2) is 9.69 Å². The highest BCUT2D eigenvalue weighted by atomic mass is 35.5. The molecule has 2 N–H and O–H groups in total. The zero-order valence-electron chi connectivity index (χ0n) is 17.9. The number of rotatable bonds is 5. The number of nitrogens with zero attached hydrogens (tertiary/aromatic N) is 5. The summed E-state index contributed by atoms with van der Waals surface area (Å²) in [5, 5.41) is 18.6. The number of hydrogen-bond acceptors (Lipinski definition) is 7. The van der Waals surface area contributed by atoms with Gasteiger partial charge in [-0.3, -0.25) is 24.6 Å². The second kappa shape index (κ2) is 8.60. The molecule has 1 aliphatic rings. The van der Waals surface area contributed by atoms with Gasteiger partial charge in [0.1, 0.15) is 12.3 Å². The number of H-pyrrole nitrogens is 2. The topological polar surface area (TPSA) is 138 Å². The molecule has 0 saturated carbocycles. The van der Waals surface area contributed by atoms with Crippen molar-refractivity contribution in [3.05, 3.63) is 85.4 Å². The van der Waals surface area contributed by atoms with Crippen LogP contribution in [0.3, 0.4) is 0 Å². The highest BCUT2D eigenvalue weighted by Gasteiger charge is 2.33. The zero-order chi connectivity index (χ0) is 23.8. The van der Waals surface area contributed by atoms with E-state index in [2.05, 4.69) is 25.6 Å². The van der Waals surface area contributed by atoms with Crippen LogP contribution >= 0.6 is 11.6 Å². The summed E-state index contributed by atoms with van der Waals surface area (Å²) in [6.07, 6.45) is 0.470. The van der Waals surface area contributed by atoms with Crippen LogP contribution < -0.4 is 15.9 Å². The first-order valence-electron chi connectivity index (χ1n) is 10.3. The third-order valence-corrected chi connectivity index (χ3v) is 5.84. The van der Waals surface area contributed by atoms with Gasteiger partial charge < -0.3 is 4.74 Å². The number of aromatic nitrogens is 5. The molecule has 34 heavy (non-hydrogen) atoms. The van der Waals surface area contributed by atoms with Gasteiger partial charge in [-0.1, -0.05) is 41.1 Å². The lowest BCUT2D eigenvalue weighted by molar-refractivity contribution is -0.133.